The molecule has 0 unspecified atom stereocenters. The Kier molecular flexibility index (Phi) is 5.81. The maximum atomic E-state index is 6.35. The molecule has 0 atom stereocenters. The van der Waals surface area contributed by atoms with Gasteiger partial charge in [0.05, 0.1) is 12.3 Å². The quantitative estimate of drug-likeness (QED) is 0.780. The molecule has 0 aliphatic rings. The van der Waals surface area contributed by atoms with E-state index in [0.717, 1.165) is 36.0 Å². The van der Waals surface area contributed by atoms with Gasteiger partial charge in [-0.3, -0.25) is 9.58 Å². The first-order valence-corrected chi connectivity index (χ1v) is 8.21. The molecule has 2 aromatic heterocycles. The monoisotopic (exact) mass is 327 g/mol. The van der Waals surface area contributed by atoms with Crippen LogP contribution in [0.5, 0.6) is 0 Å². The summed E-state index contributed by atoms with van der Waals surface area (Å²) >= 11 is 8.15. The molecular formula is C15H22ClN3OS. The molecule has 116 valence electrons. The van der Waals surface area contributed by atoms with Gasteiger partial charge in [0.1, 0.15) is 5.15 Å². The largest absolute Gasteiger partial charge is 0.383 e. The molecule has 0 spiro atoms. The van der Waals surface area contributed by atoms with E-state index in [1.165, 1.54) is 10.4 Å². The molecule has 0 aliphatic heterocycles. The molecule has 0 aromatic carbocycles. The standard InChI is InChI=1S/C15H22ClN3OS/c1-11-5-8-21-14(11)10-19(6-7-20-4)9-13-12(2)17-18(3)15(13)16/h5,8H,6-7,9-10H2,1-4H3. The number of rotatable bonds is 7. The molecule has 2 rings (SSSR count). The minimum absolute atomic E-state index is 0.710. The van der Waals surface area contributed by atoms with Crippen LogP contribution in [0.2, 0.25) is 5.15 Å². The van der Waals surface area contributed by atoms with Gasteiger partial charge in [-0.1, -0.05) is 11.6 Å². The SMILES string of the molecule is COCCN(Cc1sccc1C)Cc1c(C)nn(C)c1Cl. The van der Waals surface area contributed by atoms with Crippen LogP contribution in [0.1, 0.15) is 21.7 Å². The Labute approximate surface area is 135 Å². The zero-order valence-corrected chi connectivity index (χ0v) is 14.6. The van der Waals surface area contributed by atoms with Gasteiger partial charge in [0, 0.05) is 44.2 Å². The van der Waals surface area contributed by atoms with Crippen LogP contribution in [0.4, 0.5) is 0 Å². The van der Waals surface area contributed by atoms with Crippen molar-refractivity contribution in [1.82, 2.24) is 14.7 Å². The second-order valence-corrected chi connectivity index (χ2v) is 6.57. The van der Waals surface area contributed by atoms with Gasteiger partial charge in [-0.05, 0) is 30.9 Å². The molecule has 0 N–H and O–H groups in total. The molecule has 6 heteroatoms. The topological polar surface area (TPSA) is 30.3 Å². The average molecular weight is 328 g/mol. The molecule has 4 nitrogen and oxygen atoms in total. The van der Waals surface area contributed by atoms with Crippen molar-refractivity contribution in [3.8, 4) is 0 Å². The lowest BCUT2D eigenvalue weighted by molar-refractivity contribution is 0.140. The zero-order chi connectivity index (χ0) is 15.4. The van der Waals surface area contributed by atoms with E-state index in [2.05, 4.69) is 28.4 Å². The smallest absolute Gasteiger partial charge is 0.131 e. The van der Waals surface area contributed by atoms with Crippen LogP contribution >= 0.6 is 22.9 Å². The summed E-state index contributed by atoms with van der Waals surface area (Å²) in [6, 6.07) is 2.16. The average Bonchev–Trinajstić information content (AvgIpc) is 2.95. The fraction of sp³-hybridized carbons (Fsp3) is 0.533. The van der Waals surface area contributed by atoms with Crippen LogP contribution in [-0.2, 0) is 24.9 Å². The van der Waals surface area contributed by atoms with Gasteiger partial charge in [-0.2, -0.15) is 5.10 Å². The molecular weight excluding hydrogens is 306 g/mol. The van der Waals surface area contributed by atoms with Gasteiger partial charge < -0.3 is 4.74 Å². The summed E-state index contributed by atoms with van der Waals surface area (Å²) in [5, 5.41) is 7.25. The normalized spacial score (nSPS) is 11.5. The number of methoxy groups -OCH3 is 1. The first-order chi connectivity index (χ1) is 10.0. The number of aromatic nitrogens is 2. The third-order valence-electron chi connectivity index (χ3n) is 3.60. The molecule has 0 saturated heterocycles. The van der Waals surface area contributed by atoms with Gasteiger partial charge in [0.15, 0.2) is 0 Å². The van der Waals surface area contributed by atoms with Crippen molar-refractivity contribution in [2.75, 3.05) is 20.3 Å². The number of nitrogens with zero attached hydrogens (tertiary/aromatic N) is 3. The number of hydrogen-bond donors (Lipinski definition) is 0. The summed E-state index contributed by atoms with van der Waals surface area (Å²) in [5.74, 6) is 0. The second-order valence-electron chi connectivity index (χ2n) is 5.21. The summed E-state index contributed by atoms with van der Waals surface area (Å²) in [4.78, 5) is 3.75. The Balaban J connectivity index is 2.14. The van der Waals surface area contributed by atoms with E-state index in [9.17, 15) is 0 Å². The van der Waals surface area contributed by atoms with E-state index in [1.54, 1.807) is 23.1 Å². The number of halogens is 1. The van der Waals surface area contributed by atoms with E-state index in [4.69, 9.17) is 16.3 Å². The van der Waals surface area contributed by atoms with Crippen molar-refractivity contribution in [1.29, 1.82) is 0 Å². The molecule has 0 aliphatic carbocycles. The Morgan fingerprint density at radius 3 is 2.67 bits per heavy atom. The number of ether oxygens (including phenoxy) is 1. The van der Waals surface area contributed by atoms with Crippen LogP contribution in [0.25, 0.3) is 0 Å². The number of aryl methyl sites for hydroxylation is 3. The highest BCUT2D eigenvalue weighted by molar-refractivity contribution is 7.10. The van der Waals surface area contributed by atoms with Gasteiger partial charge in [0.2, 0.25) is 0 Å². The predicted octanol–water partition coefficient (Wildman–Crippen LogP) is 3.40. The third kappa shape index (κ3) is 4.07. The Morgan fingerprint density at radius 2 is 2.14 bits per heavy atom. The maximum Gasteiger partial charge on any atom is 0.131 e. The number of thiophene rings is 1. The highest BCUT2D eigenvalue weighted by atomic mass is 35.5. The molecule has 0 radical (unpaired) electrons. The molecule has 2 aromatic rings. The lowest BCUT2D eigenvalue weighted by Gasteiger charge is -2.21. The van der Waals surface area contributed by atoms with Gasteiger partial charge in [-0.25, -0.2) is 0 Å². The van der Waals surface area contributed by atoms with E-state index >= 15 is 0 Å². The van der Waals surface area contributed by atoms with Crippen molar-refractivity contribution < 1.29 is 4.74 Å². The van der Waals surface area contributed by atoms with Crippen molar-refractivity contribution >= 4 is 22.9 Å². The van der Waals surface area contributed by atoms with Crippen molar-refractivity contribution in [3.05, 3.63) is 38.3 Å². The molecule has 0 fully saturated rings. The minimum atomic E-state index is 0.710. The lowest BCUT2D eigenvalue weighted by atomic mass is 10.2. The molecule has 0 bridgehead atoms. The highest BCUT2D eigenvalue weighted by Gasteiger charge is 2.16. The molecule has 21 heavy (non-hydrogen) atoms. The Bertz CT molecular complexity index is 594. The van der Waals surface area contributed by atoms with Gasteiger partial charge >= 0.3 is 0 Å². The van der Waals surface area contributed by atoms with Crippen molar-refractivity contribution in [2.24, 2.45) is 7.05 Å². The van der Waals surface area contributed by atoms with Gasteiger partial charge in [0.25, 0.3) is 0 Å². The summed E-state index contributed by atoms with van der Waals surface area (Å²) in [5.41, 5.74) is 3.44. The number of hydrogen-bond acceptors (Lipinski definition) is 4. The Morgan fingerprint density at radius 1 is 1.38 bits per heavy atom. The minimum Gasteiger partial charge on any atom is -0.383 e. The van der Waals surface area contributed by atoms with Crippen LogP contribution in [-0.4, -0.2) is 34.9 Å². The maximum absolute atomic E-state index is 6.35. The first kappa shape index (κ1) is 16.5. The van der Waals surface area contributed by atoms with Gasteiger partial charge in [-0.15, -0.1) is 11.3 Å². The van der Waals surface area contributed by atoms with E-state index in [0.29, 0.717) is 6.61 Å². The summed E-state index contributed by atoms with van der Waals surface area (Å²) in [7, 11) is 3.61. The highest BCUT2D eigenvalue weighted by Crippen LogP contribution is 2.23. The lowest BCUT2D eigenvalue weighted by Crippen LogP contribution is -2.26. The predicted molar refractivity (Wildman–Crippen MR) is 88.0 cm³/mol. The second kappa shape index (κ2) is 7.40. The van der Waals surface area contributed by atoms with E-state index in [-0.39, 0.29) is 0 Å². The fourth-order valence-electron chi connectivity index (χ4n) is 2.28. The van der Waals surface area contributed by atoms with Crippen molar-refractivity contribution in [3.63, 3.8) is 0 Å². The third-order valence-corrected chi connectivity index (χ3v) is 5.08. The Hall–Kier alpha value is -0.880. The van der Waals surface area contributed by atoms with Crippen LogP contribution < -0.4 is 0 Å². The molecule has 2 heterocycles. The van der Waals surface area contributed by atoms with Crippen molar-refractivity contribution in [2.45, 2.75) is 26.9 Å². The molecule has 0 amide bonds. The van der Waals surface area contributed by atoms with E-state index in [1.807, 2.05) is 14.0 Å². The first-order valence-electron chi connectivity index (χ1n) is 6.95. The van der Waals surface area contributed by atoms with E-state index < -0.39 is 0 Å². The summed E-state index contributed by atoms with van der Waals surface area (Å²) in [6.45, 7) is 7.45. The zero-order valence-electron chi connectivity index (χ0n) is 13.0. The van der Waals surface area contributed by atoms with Crippen LogP contribution in [0, 0.1) is 13.8 Å². The summed E-state index contributed by atoms with van der Waals surface area (Å²) in [6.07, 6.45) is 0. The van der Waals surface area contributed by atoms with Crippen LogP contribution in [0.15, 0.2) is 11.4 Å². The summed E-state index contributed by atoms with van der Waals surface area (Å²) < 4.78 is 6.97. The molecule has 0 saturated carbocycles. The van der Waals surface area contributed by atoms with Crippen LogP contribution in [0.3, 0.4) is 0 Å². The fourth-order valence-corrected chi connectivity index (χ4v) is 3.46.